The van der Waals surface area contributed by atoms with E-state index in [-0.39, 0.29) is 11.5 Å². The molecular weight excluding hydrogens is 392 g/mol. The van der Waals surface area contributed by atoms with Crippen molar-refractivity contribution in [3.63, 3.8) is 0 Å². The molecule has 3 aromatic carbocycles. The maximum Gasteiger partial charge on any atom is 0.231 e. The molecule has 3 aromatic rings. The first kappa shape index (κ1) is 20.5. The van der Waals surface area contributed by atoms with Crippen molar-refractivity contribution >= 4 is 11.9 Å². The van der Waals surface area contributed by atoms with Gasteiger partial charge in [0.15, 0.2) is 17.3 Å². The average molecular weight is 416 g/mol. The molecule has 158 valence electrons. The molecule has 1 aliphatic rings. The highest BCUT2D eigenvalue weighted by atomic mass is 16.5. The van der Waals surface area contributed by atoms with E-state index in [9.17, 15) is 4.79 Å². The molecule has 0 atom stereocenters. The lowest BCUT2D eigenvalue weighted by Gasteiger charge is -2.10. The molecule has 0 amide bonds. The Morgan fingerprint density at radius 3 is 2.48 bits per heavy atom. The van der Waals surface area contributed by atoms with Gasteiger partial charge in [-0.15, -0.1) is 0 Å². The van der Waals surface area contributed by atoms with E-state index in [0.717, 1.165) is 11.1 Å². The lowest BCUT2D eigenvalue weighted by molar-refractivity contribution is 0.101. The Kier molecular flexibility index (Phi) is 5.67. The SMILES string of the molecule is COc1ccc(/C=C2\Oc3cc(OCc4cc(C)ccc4C)ccc3C2=O)cc1OC. The van der Waals surface area contributed by atoms with Crippen molar-refractivity contribution < 1.29 is 23.7 Å². The van der Waals surface area contributed by atoms with Crippen LogP contribution in [0.2, 0.25) is 0 Å². The maximum absolute atomic E-state index is 12.8. The minimum absolute atomic E-state index is 0.161. The van der Waals surface area contributed by atoms with Gasteiger partial charge in [0, 0.05) is 6.07 Å². The molecule has 0 bridgehead atoms. The number of rotatable bonds is 6. The van der Waals surface area contributed by atoms with Crippen LogP contribution in [0.15, 0.2) is 60.4 Å². The zero-order chi connectivity index (χ0) is 22.0. The second-order valence-corrected chi connectivity index (χ2v) is 7.43. The number of carbonyl (C=O) groups is 1. The molecule has 31 heavy (non-hydrogen) atoms. The minimum Gasteiger partial charge on any atom is -0.493 e. The number of benzene rings is 3. The summed E-state index contributed by atoms with van der Waals surface area (Å²) in [4.78, 5) is 12.8. The van der Waals surface area contributed by atoms with Crippen molar-refractivity contribution in [3.05, 3.63) is 88.2 Å². The highest BCUT2D eigenvalue weighted by Crippen LogP contribution is 2.36. The first-order chi connectivity index (χ1) is 15.0. The molecular formula is C26H24O5. The molecule has 1 heterocycles. The van der Waals surface area contributed by atoms with Gasteiger partial charge in [-0.1, -0.05) is 29.8 Å². The third-order valence-corrected chi connectivity index (χ3v) is 5.25. The minimum atomic E-state index is -0.161. The van der Waals surface area contributed by atoms with Gasteiger partial charge in [-0.25, -0.2) is 0 Å². The maximum atomic E-state index is 12.8. The van der Waals surface area contributed by atoms with Crippen molar-refractivity contribution in [2.75, 3.05) is 14.2 Å². The van der Waals surface area contributed by atoms with E-state index in [2.05, 4.69) is 32.0 Å². The van der Waals surface area contributed by atoms with E-state index in [1.807, 2.05) is 6.07 Å². The Hall–Kier alpha value is -3.73. The summed E-state index contributed by atoms with van der Waals surface area (Å²) in [6, 6.07) is 17.0. The highest BCUT2D eigenvalue weighted by Gasteiger charge is 2.28. The molecule has 4 rings (SSSR count). The van der Waals surface area contributed by atoms with Crippen molar-refractivity contribution in [1.82, 2.24) is 0 Å². The summed E-state index contributed by atoms with van der Waals surface area (Å²) in [6.45, 7) is 4.58. The van der Waals surface area contributed by atoms with Crippen LogP contribution >= 0.6 is 0 Å². The Bertz CT molecular complexity index is 1180. The third-order valence-electron chi connectivity index (χ3n) is 5.25. The molecule has 1 aliphatic heterocycles. The van der Waals surface area contributed by atoms with Crippen molar-refractivity contribution in [1.29, 1.82) is 0 Å². The Morgan fingerprint density at radius 1 is 0.903 bits per heavy atom. The average Bonchev–Trinajstić information content (AvgIpc) is 3.08. The number of methoxy groups -OCH3 is 2. The molecule has 0 spiro atoms. The second kappa shape index (κ2) is 8.56. The quantitative estimate of drug-likeness (QED) is 0.496. The molecule has 0 saturated carbocycles. The molecule has 5 heteroatoms. The van der Waals surface area contributed by atoms with Crippen LogP contribution < -0.4 is 18.9 Å². The number of aryl methyl sites for hydroxylation is 2. The van der Waals surface area contributed by atoms with Crippen LogP contribution in [0.3, 0.4) is 0 Å². The van der Waals surface area contributed by atoms with E-state index < -0.39 is 0 Å². The number of fused-ring (bicyclic) bond motifs is 1. The molecule has 0 unspecified atom stereocenters. The van der Waals surface area contributed by atoms with E-state index in [4.69, 9.17) is 18.9 Å². The molecule has 0 aromatic heterocycles. The molecule has 0 saturated heterocycles. The summed E-state index contributed by atoms with van der Waals surface area (Å²) < 4.78 is 22.4. The van der Waals surface area contributed by atoms with Gasteiger partial charge in [0.05, 0.1) is 19.8 Å². The van der Waals surface area contributed by atoms with E-state index in [0.29, 0.717) is 35.2 Å². The van der Waals surface area contributed by atoms with E-state index in [1.165, 1.54) is 11.1 Å². The fourth-order valence-corrected chi connectivity index (χ4v) is 3.47. The Labute approximate surface area is 181 Å². The molecule has 0 fully saturated rings. The first-order valence-corrected chi connectivity index (χ1v) is 9.97. The van der Waals surface area contributed by atoms with Gasteiger partial charge in [-0.2, -0.15) is 0 Å². The normalized spacial score (nSPS) is 13.7. The number of Topliss-reactive ketones (excluding diaryl/α,β-unsaturated/α-hetero) is 1. The lowest BCUT2D eigenvalue weighted by Crippen LogP contribution is -1.99. The largest absolute Gasteiger partial charge is 0.493 e. The highest BCUT2D eigenvalue weighted by molar-refractivity contribution is 6.14. The second-order valence-electron chi connectivity index (χ2n) is 7.43. The van der Waals surface area contributed by atoms with Crippen LogP contribution in [0.5, 0.6) is 23.0 Å². The van der Waals surface area contributed by atoms with Crippen molar-refractivity contribution in [2.24, 2.45) is 0 Å². The van der Waals surface area contributed by atoms with Gasteiger partial charge in [-0.3, -0.25) is 4.79 Å². The molecule has 0 radical (unpaired) electrons. The van der Waals surface area contributed by atoms with Crippen LogP contribution in [-0.4, -0.2) is 20.0 Å². The summed E-state index contributed by atoms with van der Waals surface area (Å²) in [7, 11) is 3.15. The van der Waals surface area contributed by atoms with Crippen molar-refractivity contribution in [2.45, 2.75) is 20.5 Å². The molecule has 0 aliphatic carbocycles. The predicted octanol–water partition coefficient (Wildman–Crippen LogP) is 5.52. The van der Waals surface area contributed by atoms with Gasteiger partial charge in [0.1, 0.15) is 18.1 Å². The zero-order valence-electron chi connectivity index (χ0n) is 18.0. The van der Waals surface area contributed by atoms with Crippen LogP contribution in [0.25, 0.3) is 6.08 Å². The topological polar surface area (TPSA) is 54.0 Å². The number of allylic oxidation sites excluding steroid dienone is 1. The summed E-state index contributed by atoms with van der Waals surface area (Å²) in [5.74, 6) is 2.45. The van der Waals surface area contributed by atoms with Gasteiger partial charge in [0.2, 0.25) is 5.78 Å². The fourth-order valence-electron chi connectivity index (χ4n) is 3.47. The third kappa shape index (κ3) is 4.26. The Morgan fingerprint density at radius 2 is 1.71 bits per heavy atom. The van der Waals surface area contributed by atoms with Gasteiger partial charge >= 0.3 is 0 Å². The standard InChI is InChI=1S/C26H24O5/c1-16-5-6-17(2)19(11-16)15-30-20-8-9-21-23(14-20)31-25(26(21)27)13-18-7-10-22(28-3)24(12-18)29-4/h5-14H,15H2,1-4H3/b25-13-. The lowest BCUT2D eigenvalue weighted by atomic mass is 10.1. The first-order valence-electron chi connectivity index (χ1n) is 9.97. The van der Waals surface area contributed by atoms with E-state index in [1.54, 1.807) is 50.6 Å². The molecule has 5 nitrogen and oxygen atoms in total. The number of carbonyl (C=O) groups excluding carboxylic acids is 1. The smallest absolute Gasteiger partial charge is 0.231 e. The van der Waals surface area contributed by atoms with Gasteiger partial charge in [-0.05, 0) is 60.9 Å². The number of hydrogen-bond donors (Lipinski definition) is 0. The molecule has 0 N–H and O–H groups in total. The number of hydrogen-bond acceptors (Lipinski definition) is 5. The summed E-state index contributed by atoms with van der Waals surface area (Å²) >= 11 is 0. The number of ketones is 1. The zero-order valence-corrected chi connectivity index (χ0v) is 18.0. The van der Waals surface area contributed by atoms with E-state index >= 15 is 0 Å². The van der Waals surface area contributed by atoms with Gasteiger partial charge in [0.25, 0.3) is 0 Å². The number of ether oxygens (including phenoxy) is 4. The summed E-state index contributed by atoms with van der Waals surface area (Å²) in [5, 5.41) is 0. The van der Waals surface area contributed by atoms with Crippen molar-refractivity contribution in [3.8, 4) is 23.0 Å². The van der Waals surface area contributed by atoms with Crippen LogP contribution in [0.4, 0.5) is 0 Å². The van der Waals surface area contributed by atoms with Crippen LogP contribution in [0, 0.1) is 13.8 Å². The summed E-state index contributed by atoms with van der Waals surface area (Å²) in [6.07, 6.45) is 1.70. The fraction of sp³-hybridized carbons (Fsp3) is 0.192. The van der Waals surface area contributed by atoms with Gasteiger partial charge < -0.3 is 18.9 Å². The monoisotopic (exact) mass is 416 g/mol. The van der Waals surface area contributed by atoms with Crippen LogP contribution in [0.1, 0.15) is 32.6 Å². The van der Waals surface area contributed by atoms with Crippen LogP contribution in [-0.2, 0) is 6.61 Å². The Balaban J connectivity index is 1.53. The summed E-state index contributed by atoms with van der Waals surface area (Å²) in [5.41, 5.74) is 4.80. The predicted molar refractivity (Wildman–Crippen MR) is 119 cm³/mol.